The molecule has 1 atom stereocenters. The molecule has 2 heterocycles. The van der Waals surface area contributed by atoms with Crippen molar-refractivity contribution in [2.75, 3.05) is 24.6 Å². The predicted molar refractivity (Wildman–Crippen MR) is 68.8 cm³/mol. The van der Waals surface area contributed by atoms with Crippen LogP contribution in [0, 0.1) is 0 Å². The Morgan fingerprint density at radius 1 is 1.47 bits per heavy atom. The van der Waals surface area contributed by atoms with Crippen LogP contribution in [0.15, 0.2) is 6.33 Å². The van der Waals surface area contributed by atoms with Gasteiger partial charge in [-0.25, -0.2) is 9.97 Å². The average Bonchev–Trinajstić information content (AvgIpc) is 2.28. The summed E-state index contributed by atoms with van der Waals surface area (Å²) in [5, 5.41) is 0.559. The molecule has 17 heavy (non-hydrogen) atoms. The minimum Gasteiger partial charge on any atom is -0.375 e. The van der Waals surface area contributed by atoms with Crippen LogP contribution in [-0.2, 0) is 4.74 Å². The van der Waals surface area contributed by atoms with Gasteiger partial charge in [0.2, 0.25) is 0 Å². The highest BCUT2D eigenvalue weighted by Crippen LogP contribution is 2.31. The third-order valence-electron chi connectivity index (χ3n) is 2.93. The van der Waals surface area contributed by atoms with Crippen molar-refractivity contribution in [2.24, 2.45) is 0 Å². The Balaban J connectivity index is 2.34. The molecule has 5 heteroatoms. The number of hydrogen-bond donors (Lipinski definition) is 0. The van der Waals surface area contributed by atoms with Gasteiger partial charge in [-0.2, -0.15) is 0 Å². The Kier molecular flexibility index (Phi) is 3.84. The fraction of sp³-hybridized carbons (Fsp3) is 0.667. The van der Waals surface area contributed by atoms with Gasteiger partial charge in [-0.3, -0.25) is 0 Å². The molecule has 94 valence electrons. The predicted octanol–water partition coefficient (Wildman–Crippen LogP) is 2.48. The minimum absolute atomic E-state index is 0.234. The zero-order chi connectivity index (χ0) is 12.4. The molecule has 1 saturated heterocycles. The van der Waals surface area contributed by atoms with Gasteiger partial charge in [0.05, 0.1) is 12.7 Å². The molecule has 0 saturated carbocycles. The SMILES string of the molecule is CC1CN(c2ncnc(Cl)c2C(C)C)CCO1. The summed E-state index contributed by atoms with van der Waals surface area (Å²) in [5.74, 6) is 1.27. The van der Waals surface area contributed by atoms with E-state index in [1.807, 2.05) is 0 Å². The molecule has 2 rings (SSSR count). The van der Waals surface area contributed by atoms with E-state index < -0.39 is 0 Å². The molecule has 1 unspecified atom stereocenters. The Morgan fingerprint density at radius 2 is 2.24 bits per heavy atom. The molecule has 1 aliphatic heterocycles. The van der Waals surface area contributed by atoms with Crippen molar-refractivity contribution in [3.63, 3.8) is 0 Å². The van der Waals surface area contributed by atoms with Gasteiger partial charge in [-0.15, -0.1) is 0 Å². The Morgan fingerprint density at radius 3 is 2.88 bits per heavy atom. The van der Waals surface area contributed by atoms with Gasteiger partial charge >= 0.3 is 0 Å². The zero-order valence-electron chi connectivity index (χ0n) is 10.5. The number of halogens is 1. The molecular formula is C12H18ClN3O. The summed E-state index contributed by atoms with van der Waals surface area (Å²) in [4.78, 5) is 10.7. The van der Waals surface area contributed by atoms with Crippen LogP contribution < -0.4 is 4.90 Å². The quantitative estimate of drug-likeness (QED) is 0.761. The fourth-order valence-electron chi connectivity index (χ4n) is 2.12. The molecule has 1 aromatic rings. The number of ether oxygens (including phenoxy) is 1. The summed E-state index contributed by atoms with van der Waals surface area (Å²) in [6.07, 6.45) is 1.77. The smallest absolute Gasteiger partial charge is 0.138 e. The lowest BCUT2D eigenvalue weighted by Gasteiger charge is -2.33. The second-order valence-corrected chi connectivity index (χ2v) is 5.04. The van der Waals surface area contributed by atoms with Gasteiger partial charge in [-0.05, 0) is 12.8 Å². The lowest BCUT2D eigenvalue weighted by molar-refractivity contribution is 0.0528. The summed E-state index contributed by atoms with van der Waals surface area (Å²) >= 11 is 6.17. The summed E-state index contributed by atoms with van der Waals surface area (Å²) in [6.45, 7) is 8.74. The third kappa shape index (κ3) is 2.69. The van der Waals surface area contributed by atoms with Crippen LogP contribution in [-0.4, -0.2) is 35.8 Å². The van der Waals surface area contributed by atoms with Crippen LogP contribution in [0.5, 0.6) is 0 Å². The van der Waals surface area contributed by atoms with Crippen LogP contribution in [0.4, 0.5) is 5.82 Å². The molecule has 1 fully saturated rings. The molecule has 1 aliphatic rings. The van der Waals surface area contributed by atoms with Crippen LogP contribution in [0.2, 0.25) is 5.15 Å². The number of hydrogen-bond acceptors (Lipinski definition) is 4. The highest BCUT2D eigenvalue weighted by Gasteiger charge is 2.23. The number of nitrogens with zero attached hydrogens (tertiary/aromatic N) is 3. The normalized spacial score (nSPS) is 21.0. The highest BCUT2D eigenvalue weighted by molar-refractivity contribution is 6.30. The second kappa shape index (κ2) is 5.19. The van der Waals surface area contributed by atoms with Crippen LogP contribution in [0.1, 0.15) is 32.3 Å². The summed E-state index contributed by atoms with van der Waals surface area (Å²) in [5.41, 5.74) is 1.03. The van der Waals surface area contributed by atoms with Gasteiger partial charge in [-0.1, -0.05) is 25.4 Å². The van der Waals surface area contributed by atoms with E-state index in [0.29, 0.717) is 11.1 Å². The van der Waals surface area contributed by atoms with E-state index in [1.54, 1.807) is 0 Å². The van der Waals surface area contributed by atoms with Crippen molar-refractivity contribution >= 4 is 17.4 Å². The first-order valence-corrected chi connectivity index (χ1v) is 6.34. The Hall–Kier alpha value is -0.870. The molecule has 0 aromatic carbocycles. The van der Waals surface area contributed by atoms with Gasteiger partial charge in [0.15, 0.2) is 0 Å². The van der Waals surface area contributed by atoms with E-state index in [1.165, 1.54) is 6.33 Å². The first kappa shape index (κ1) is 12.6. The Bertz CT molecular complexity index is 397. The topological polar surface area (TPSA) is 38.2 Å². The molecule has 0 N–H and O–H groups in total. The summed E-state index contributed by atoms with van der Waals surface area (Å²) < 4.78 is 5.54. The molecule has 0 aliphatic carbocycles. The molecule has 0 bridgehead atoms. The van der Waals surface area contributed by atoms with Crippen molar-refractivity contribution < 1.29 is 4.74 Å². The summed E-state index contributed by atoms with van der Waals surface area (Å²) in [7, 11) is 0. The molecule has 0 spiro atoms. The monoisotopic (exact) mass is 255 g/mol. The molecular weight excluding hydrogens is 238 g/mol. The largest absolute Gasteiger partial charge is 0.375 e. The van der Waals surface area contributed by atoms with Crippen LogP contribution in [0.25, 0.3) is 0 Å². The number of rotatable bonds is 2. The first-order valence-electron chi connectivity index (χ1n) is 5.96. The molecule has 0 radical (unpaired) electrons. The maximum Gasteiger partial charge on any atom is 0.138 e. The van der Waals surface area contributed by atoms with Gasteiger partial charge in [0, 0.05) is 18.7 Å². The highest BCUT2D eigenvalue weighted by atomic mass is 35.5. The number of morpholine rings is 1. The number of aromatic nitrogens is 2. The maximum atomic E-state index is 6.17. The first-order chi connectivity index (χ1) is 8.09. The Labute approximate surface area is 107 Å². The lowest BCUT2D eigenvalue weighted by Crippen LogP contribution is -2.42. The van der Waals surface area contributed by atoms with Crippen molar-refractivity contribution in [3.05, 3.63) is 17.0 Å². The molecule has 1 aromatic heterocycles. The molecule has 4 nitrogen and oxygen atoms in total. The molecule has 0 amide bonds. The van der Waals surface area contributed by atoms with Crippen molar-refractivity contribution in [1.29, 1.82) is 0 Å². The van der Waals surface area contributed by atoms with Crippen molar-refractivity contribution in [1.82, 2.24) is 9.97 Å². The second-order valence-electron chi connectivity index (χ2n) is 4.68. The van der Waals surface area contributed by atoms with Crippen molar-refractivity contribution in [3.8, 4) is 0 Å². The van der Waals surface area contributed by atoms with Gasteiger partial charge in [0.1, 0.15) is 17.3 Å². The van der Waals surface area contributed by atoms with E-state index in [4.69, 9.17) is 16.3 Å². The lowest BCUT2D eigenvalue weighted by atomic mass is 10.1. The fourth-order valence-corrected chi connectivity index (χ4v) is 2.47. The zero-order valence-corrected chi connectivity index (χ0v) is 11.2. The van der Waals surface area contributed by atoms with Crippen molar-refractivity contribution in [2.45, 2.75) is 32.8 Å². The van der Waals surface area contributed by atoms with E-state index in [2.05, 4.69) is 35.6 Å². The van der Waals surface area contributed by atoms with Gasteiger partial charge in [0.25, 0.3) is 0 Å². The van der Waals surface area contributed by atoms with Gasteiger partial charge < -0.3 is 9.64 Å². The third-order valence-corrected chi connectivity index (χ3v) is 3.23. The number of anilines is 1. The van der Waals surface area contributed by atoms with Crippen LogP contribution >= 0.6 is 11.6 Å². The van der Waals surface area contributed by atoms with E-state index >= 15 is 0 Å². The standard InChI is InChI=1S/C12H18ClN3O/c1-8(2)10-11(13)14-7-15-12(10)16-4-5-17-9(3)6-16/h7-9H,4-6H2,1-3H3. The maximum absolute atomic E-state index is 6.17. The van der Waals surface area contributed by atoms with E-state index in [-0.39, 0.29) is 6.10 Å². The van der Waals surface area contributed by atoms with E-state index in [9.17, 15) is 0 Å². The average molecular weight is 256 g/mol. The van der Waals surface area contributed by atoms with E-state index in [0.717, 1.165) is 31.1 Å². The minimum atomic E-state index is 0.234. The summed E-state index contributed by atoms with van der Waals surface area (Å²) in [6, 6.07) is 0. The van der Waals surface area contributed by atoms with Crippen LogP contribution in [0.3, 0.4) is 0 Å².